The molecule has 0 saturated heterocycles. The average Bonchev–Trinajstić information content (AvgIpc) is 3.42. The molecule has 0 saturated carbocycles. The summed E-state index contributed by atoms with van der Waals surface area (Å²) in [5.74, 6) is 2.05. The van der Waals surface area contributed by atoms with E-state index < -0.39 is 0 Å². The maximum absolute atomic E-state index is 10.1. The van der Waals surface area contributed by atoms with E-state index in [2.05, 4.69) is 4.99 Å². The monoisotopic (exact) mass is 555 g/mol. The van der Waals surface area contributed by atoms with E-state index in [1.165, 1.54) is 0 Å². The Morgan fingerprint density at radius 1 is 1.07 bits per heavy atom. The quantitative estimate of drug-likeness (QED) is 0.350. The van der Waals surface area contributed by atoms with E-state index in [1.54, 1.807) is 12.1 Å². The SMILES string of the molecule is C[C-](Oc1ccccc1C1=NCCO1)[N+]1=C(c2ccccc2O)OCC1.[O+]#[Re]. The van der Waals surface area contributed by atoms with Crippen LogP contribution in [0.15, 0.2) is 53.5 Å². The normalized spacial score (nSPS) is 15.1. The Balaban J connectivity index is 0.00000109. The Bertz CT molecular complexity index is 926. The number of ether oxygens (including phenoxy) is 3. The van der Waals surface area contributed by atoms with Crippen molar-refractivity contribution in [3.63, 3.8) is 0 Å². The Morgan fingerprint density at radius 2 is 1.79 bits per heavy atom. The Labute approximate surface area is 173 Å². The molecule has 8 heteroatoms. The van der Waals surface area contributed by atoms with Gasteiger partial charge in [-0.3, -0.25) is 4.58 Å². The van der Waals surface area contributed by atoms with Crippen LogP contribution >= 0.6 is 0 Å². The van der Waals surface area contributed by atoms with Gasteiger partial charge in [-0.2, -0.15) is 0 Å². The first-order chi connectivity index (χ1) is 13.7. The van der Waals surface area contributed by atoms with Gasteiger partial charge in [0.1, 0.15) is 24.7 Å². The molecule has 2 heterocycles. The zero-order valence-electron chi connectivity index (χ0n) is 15.3. The van der Waals surface area contributed by atoms with Crippen LogP contribution in [0, 0.1) is 6.23 Å². The molecule has 0 amide bonds. The van der Waals surface area contributed by atoms with Crippen LogP contribution in [0.2, 0.25) is 0 Å². The zero-order valence-corrected chi connectivity index (χ0v) is 18.0. The van der Waals surface area contributed by atoms with Gasteiger partial charge >= 0.3 is 22.3 Å². The molecule has 146 valence electrons. The first-order valence-electron chi connectivity index (χ1n) is 8.73. The first-order valence-corrected chi connectivity index (χ1v) is 9.84. The number of phenolic OH excluding ortho intramolecular Hbond substituents is 1. The fourth-order valence-electron chi connectivity index (χ4n) is 3.04. The van der Waals surface area contributed by atoms with Gasteiger partial charge in [-0.1, -0.05) is 30.3 Å². The predicted molar refractivity (Wildman–Crippen MR) is 97.3 cm³/mol. The van der Waals surface area contributed by atoms with E-state index in [1.807, 2.05) is 47.9 Å². The van der Waals surface area contributed by atoms with Crippen molar-refractivity contribution >= 4 is 11.8 Å². The molecule has 0 radical (unpaired) electrons. The zero-order chi connectivity index (χ0) is 19.9. The molecule has 0 fully saturated rings. The van der Waals surface area contributed by atoms with Gasteiger partial charge in [0, 0.05) is 5.56 Å². The topological polar surface area (TPSA) is 83.2 Å². The summed E-state index contributed by atoms with van der Waals surface area (Å²) >= 11 is 0.472. The van der Waals surface area contributed by atoms with Crippen LogP contribution in [-0.4, -0.2) is 47.8 Å². The second kappa shape index (κ2) is 9.60. The number of phenols is 1. The number of nitrogens with zero attached hydrogens (tertiary/aromatic N) is 2. The van der Waals surface area contributed by atoms with Crippen molar-refractivity contribution < 1.29 is 46.2 Å². The number of aliphatic imine (C=N–C) groups is 1. The molecule has 0 aliphatic carbocycles. The number of para-hydroxylation sites is 2. The van der Waals surface area contributed by atoms with Crippen LogP contribution in [0.25, 0.3) is 0 Å². The number of hydrogen-bond donors (Lipinski definition) is 1. The summed E-state index contributed by atoms with van der Waals surface area (Å²) in [6.45, 7) is 4.31. The molecule has 7 nitrogen and oxygen atoms in total. The summed E-state index contributed by atoms with van der Waals surface area (Å²) in [6, 6.07) is 14.8. The van der Waals surface area contributed by atoms with Crippen LogP contribution in [0.4, 0.5) is 0 Å². The fourth-order valence-corrected chi connectivity index (χ4v) is 3.04. The van der Waals surface area contributed by atoms with E-state index in [0.29, 0.717) is 74.6 Å². The van der Waals surface area contributed by atoms with E-state index in [-0.39, 0.29) is 5.75 Å². The van der Waals surface area contributed by atoms with Crippen LogP contribution in [0.1, 0.15) is 18.1 Å². The molecule has 0 aromatic heterocycles. The van der Waals surface area contributed by atoms with Gasteiger partial charge in [-0.05, 0) is 25.1 Å². The Morgan fingerprint density at radius 3 is 2.50 bits per heavy atom. The van der Waals surface area contributed by atoms with Crippen LogP contribution in [0.3, 0.4) is 0 Å². The second-order valence-electron chi connectivity index (χ2n) is 5.97. The van der Waals surface area contributed by atoms with Crippen LogP contribution < -0.4 is 4.74 Å². The Kier molecular flexibility index (Phi) is 6.93. The third-order valence-electron chi connectivity index (χ3n) is 4.27. The van der Waals surface area contributed by atoms with Crippen molar-refractivity contribution in [2.24, 2.45) is 4.99 Å². The number of benzene rings is 2. The molecule has 4 rings (SSSR count). The summed E-state index contributed by atoms with van der Waals surface area (Å²) < 4.78 is 27.7. The van der Waals surface area contributed by atoms with Gasteiger partial charge < -0.3 is 19.3 Å². The first kappa shape index (κ1) is 20.2. The van der Waals surface area contributed by atoms with Crippen molar-refractivity contribution in [3.8, 4) is 11.5 Å². The molecule has 0 bridgehead atoms. The molecule has 2 aromatic carbocycles. The van der Waals surface area contributed by atoms with Crippen molar-refractivity contribution in [3.05, 3.63) is 65.9 Å². The molecule has 28 heavy (non-hydrogen) atoms. The van der Waals surface area contributed by atoms with Crippen LogP contribution in [-0.2, 0) is 31.8 Å². The number of hydrogen-bond acceptors (Lipinski definition) is 5. The van der Waals surface area contributed by atoms with Crippen molar-refractivity contribution in [2.75, 3.05) is 26.3 Å². The van der Waals surface area contributed by atoms with Gasteiger partial charge in [-0.15, -0.1) is 0 Å². The molecule has 2 aliphatic rings. The molecule has 0 spiro atoms. The van der Waals surface area contributed by atoms with Gasteiger partial charge in [-0.25, -0.2) is 4.99 Å². The van der Waals surface area contributed by atoms with E-state index >= 15 is 0 Å². The summed E-state index contributed by atoms with van der Waals surface area (Å²) in [5.41, 5.74) is 1.47. The maximum atomic E-state index is 10.1. The van der Waals surface area contributed by atoms with Crippen molar-refractivity contribution in [2.45, 2.75) is 6.92 Å². The van der Waals surface area contributed by atoms with Crippen molar-refractivity contribution in [1.82, 2.24) is 0 Å². The Hall–Kier alpha value is -2.53. The minimum absolute atomic E-state index is 0.177. The van der Waals surface area contributed by atoms with Gasteiger partial charge in [0.2, 0.25) is 11.8 Å². The summed E-state index contributed by atoms with van der Waals surface area (Å²) in [4.78, 5) is 4.37. The predicted octanol–water partition coefficient (Wildman–Crippen LogP) is 2.43. The van der Waals surface area contributed by atoms with Gasteiger partial charge in [0.05, 0.1) is 12.1 Å². The summed E-state index contributed by atoms with van der Waals surface area (Å²) in [6.07, 6.45) is 0.659. The third-order valence-corrected chi connectivity index (χ3v) is 4.27. The molecular formula is C20H20N2O5Re+. The summed E-state index contributed by atoms with van der Waals surface area (Å²) in [7, 11) is 0. The average molecular weight is 555 g/mol. The third kappa shape index (κ3) is 4.31. The fraction of sp³-hybridized carbons (Fsp3) is 0.250. The van der Waals surface area contributed by atoms with E-state index in [9.17, 15) is 5.11 Å². The van der Waals surface area contributed by atoms with Crippen molar-refractivity contribution in [1.29, 1.82) is 0 Å². The van der Waals surface area contributed by atoms with E-state index in [4.69, 9.17) is 17.5 Å². The molecular weight excluding hydrogens is 534 g/mol. The van der Waals surface area contributed by atoms with Gasteiger partial charge in [0.15, 0.2) is 12.8 Å². The molecule has 2 aliphatic heterocycles. The molecule has 0 atom stereocenters. The van der Waals surface area contributed by atoms with Crippen LogP contribution in [0.5, 0.6) is 11.5 Å². The number of aromatic hydroxyl groups is 1. The second-order valence-corrected chi connectivity index (χ2v) is 5.97. The molecule has 1 N–H and O–H groups in total. The van der Waals surface area contributed by atoms with E-state index in [0.717, 1.165) is 5.56 Å². The molecule has 0 unspecified atom stereocenters. The standard InChI is InChI=1S/C20H20N2O4.O.Re/c1-14(22-11-13-25-20(22)15-6-2-4-8-17(15)23)26-18-9-5-3-7-16(18)19-21-10-12-24-19;;/h2-9,23H,10-13H2,1H3;;/q;+1;. The molecule has 2 aromatic rings. The van der Waals surface area contributed by atoms with Gasteiger partial charge in [0.25, 0.3) is 0 Å². The summed E-state index contributed by atoms with van der Waals surface area (Å²) in [5, 5.41) is 10.1. The minimum atomic E-state index is 0.177. The number of rotatable bonds is 5.